The van der Waals surface area contributed by atoms with Gasteiger partial charge in [0.1, 0.15) is 42.8 Å². The number of phenolic OH excluding ortho intramolecular Hbond substituents is 2. The minimum atomic E-state index is -0.626. The third kappa shape index (κ3) is 16.7. The number of allylic oxidation sites excluding steroid dienone is 2. The van der Waals surface area contributed by atoms with Gasteiger partial charge in [-0.1, -0.05) is 84.2 Å². The number of nitrogens with zero attached hydrogens (tertiary/aromatic N) is 1. The van der Waals surface area contributed by atoms with Crippen LogP contribution in [0.25, 0.3) is 26.1 Å². The summed E-state index contributed by atoms with van der Waals surface area (Å²) in [5.74, 6) is 1.11. The largest absolute Gasteiger partial charge is 0.508 e. The number of carbonyl (C=O) groups excluding carboxylic acids is 4. The summed E-state index contributed by atoms with van der Waals surface area (Å²) in [4.78, 5) is 50.9. The number of hydrogen-bond donors (Lipinski definition) is 3. The molecule has 0 bridgehead atoms. The molecule has 1 aliphatic rings. The van der Waals surface area contributed by atoms with Crippen LogP contribution >= 0.6 is 11.3 Å². The normalized spacial score (nSPS) is 13.7. The number of likely N-dealkylation sites (tertiary alicyclic amines) is 1. The van der Waals surface area contributed by atoms with Crippen molar-refractivity contribution >= 4 is 50.9 Å². The molecule has 378 valence electrons. The van der Waals surface area contributed by atoms with Gasteiger partial charge in [0, 0.05) is 38.7 Å². The Balaban J connectivity index is 0.000000423. The number of amides is 2. The molecule has 1 saturated heterocycles. The van der Waals surface area contributed by atoms with Crippen LogP contribution in [0.2, 0.25) is 0 Å². The summed E-state index contributed by atoms with van der Waals surface area (Å²) in [6.07, 6.45) is 7.61. The fourth-order valence-corrected chi connectivity index (χ4v) is 9.51. The monoisotopic (exact) mass is 977 g/mol. The molecule has 11 nitrogen and oxygen atoms in total. The van der Waals surface area contributed by atoms with Crippen molar-refractivity contribution in [3.05, 3.63) is 119 Å². The highest BCUT2D eigenvalue weighted by Gasteiger charge is 2.38. The molecule has 1 fully saturated rings. The van der Waals surface area contributed by atoms with E-state index in [0.29, 0.717) is 23.5 Å². The van der Waals surface area contributed by atoms with E-state index in [2.05, 4.69) is 64.2 Å². The van der Waals surface area contributed by atoms with Crippen LogP contribution in [0.3, 0.4) is 0 Å². The number of ketones is 1. The summed E-state index contributed by atoms with van der Waals surface area (Å²) < 4.78 is 17.6. The quantitative estimate of drug-likeness (QED) is 0.0393. The number of ether oxygens (including phenoxy) is 3. The second kappa shape index (κ2) is 28.1. The number of aromatic hydroxyl groups is 2. The smallest absolute Gasteiger partial charge is 0.246 e. The Morgan fingerprint density at radius 1 is 0.829 bits per heavy atom. The third-order valence-corrected chi connectivity index (χ3v) is 13.7. The number of carbonyl (C=O) groups is 4. The molecule has 2 atom stereocenters. The number of aryl methyl sites for hydroxylation is 1. The molecule has 5 aromatic rings. The van der Waals surface area contributed by atoms with Crippen LogP contribution in [0.5, 0.6) is 17.2 Å². The summed E-state index contributed by atoms with van der Waals surface area (Å²) in [7, 11) is 0. The summed E-state index contributed by atoms with van der Waals surface area (Å²) >= 11 is 1.41. The maximum Gasteiger partial charge on any atom is 0.246 e. The number of aldehydes is 1. The van der Waals surface area contributed by atoms with E-state index >= 15 is 0 Å². The first-order chi connectivity index (χ1) is 33.4. The second-order valence-corrected chi connectivity index (χ2v) is 20.0. The van der Waals surface area contributed by atoms with Gasteiger partial charge in [0.05, 0.1) is 19.8 Å². The molecule has 2 unspecified atom stereocenters. The van der Waals surface area contributed by atoms with Crippen LogP contribution < -0.4 is 10.1 Å². The Hall–Kier alpha value is -5.82. The van der Waals surface area contributed by atoms with Gasteiger partial charge in [-0.3, -0.25) is 14.4 Å². The summed E-state index contributed by atoms with van der Waals surface area (Å²) in [5, 5.41) is 23.4. The molecule has 2 heterocycles. The van der Waals surface area contributed by atoms with Crippen LogP contribution in [0.15, 0.2) is 96.6 Å². The molecule has 4 aromatic carbocycles. The minimum Gasteiger partial charge on any atom is -0.508 e. The minimum absolute atomic E-state index is 0.0480. The average molecular weight is 977 g/mol. The lowest BCUT2D eigenvalue weighted by Gasteiger charge is -2.35. The Kier molecular flexibility index (Phi) is 22.8. The molecule has 70 heavy (non-hydrogen) atoms. The van der Waals surface area contributed by atoms with Gasteiger partial charge in [0.25, 0.3) is 0 Å². The van der Waals surface area contributed by atoms with Crippen molar-refractivity contribution in [1.29, 1.82) is 0 Å². The molecule has 0 radical (unpaired) electrons. The fraction of sp³-hybridized carbons (Fsp3) is 0.448. The number of phenols is 2. The predicted octanol–water partition coefficient (Wildman–Crippen LogP) is 12.2. The van der Waals surface area contributed by atoms with E-state index in [1.807, 2.05) is 32.6 Å². The van der Waals surface area contributed by atoms with Gasteiger partial charge in [-0.25, -0.2) is 0 Å². The summed E-state index contributed by atoms with van der Waals surface area (Å²) in [5.41, 5.74) is 7.24. The van der Waals surface area contributed by atoms with E-state index in [1.54, 1.807) is 72.3 Å². The van der Waals surface area contributed by atoms with Gasteiger partial charge < -0.3 is 39.4 Å². The highest BCUT2D eigenvalue weighted by molar-refractivity contribution is 7.22. The van der Waals surface area contributed by atoms with Gasteiger partial charge in [-0.15, -0.1) is 11.3 Å². The number of hydrogen-bond acceptors (Lipinski definition) is 10. The van der Waals surface area contributed by atoms with Crippen molar-refractivity contribution in [1.82, 2.24) is 10.2 Å². The topological polar surface area (TPSA) is 152 Å². The summed E-state index contributed by atoms with van der Waals surface area (Å²) in [6.45, 7) is 22.2. The van der Waals surface area contributed by atoms with E-state index in [4.69, 9.17) is 19.0 Å². The zero-order chi connectivity index (χ0) is 51.4. The fourth-order valence-electron chi connectivity index (χ4n) is 8.27. The van der Waals surface area contributed by atoms with Gasteiger partial charge >= 0.3 is 0 Å². The first kappa shape index (κ1) is 56.8. The summed E-state index contributed by atoms with van der Waals surface area (Å²) in [6, 6.07) is 27.2. The first-order valence-corrected chi connectivity index (χ1v) is 25.5. The van der Waals surface area contributed by atoms with Crippen molar-refractivity contribution in [2.45, 2.75) is 120 Å². The standard InChI is InChI=1S/C38H44N2O8S.C18H28.C2H4O/c1-24-6-5-17-40(24)37(45)36(38(2,3)4)39-32(43)23-47-19-18-46-20-21-48-29-14-9-25(10-15-29)34(44)33-30-16-13-28(42)22-31(30)49-35(33)26-7-11-27(41)12-8-26;1-6-15(7-2)13-18(14(4)5)17-11-9-16(8-3)10-12-17;1-2-3/h7-16,22,24,36,41-42H,5-6,17-21,23H2,1-4H3,(H,39,43);9-12,15H,6-8,13H2,1-5H3;2H,1H3. The van der Waals surface area contributed by atoms with Gasteiger partial charge in [0.15, 0.2) is 5.78 Å². The zero-order valence-corrected chi connectivity index (χ0v) is 43.9. The first-order valence-electron chi connectivity index (χ1n) is 24.7. The maximum absolute atomic E-state index is 13.8. The average Bonchev–Trinajstić information content (AvgIpc) is 3.95. The number of nitrogens with one attached hydrogen (secondary N) is 1. The molecule has 3 N–H and O–H groups in total. The Bertz CT molecular complexity index is 2460. The highest BCUT2D eigenvalue weighted by Crippen LogP contribution is 2.41. The molecule has 1 aliphatic heterocycles. The molecule has 6 rings (SSSR count). The maximum atomic E-state index is 13.8. The van der Waals surface area contributed by atoms with E-state index in [9.17, 15) is 24.6 Å². The number of thiophene rings is 1. The molecule has 0 saturated carbocycles. The highest BCUT2D eigenvalue weighted by atomic mass is 32.1. The number of rotatable bonds is 20. The number of fused-ring (bicyclic) bond motifs is 1. The Labute approximate surface area is 420 Å². The van der Waals surface area contributed by atoms with E-state index < -0.39 is 11.5 Å². The molecular weight excluding hydrogens is 901 g/mol. The van der Waals surface area contributed by atoms with Crippen LogP contribution in [-0.4, -0.2) is 90.7 Å². The molecular formula is C58H76N2O9S. The zero-order valence-electron chi connectivity index (χ0n) is 43.1. The van der Waals surface area contributed by atoms with Gasteiger partial charge in [-0.2, -0.15) is 0 Å². The molecule has 0 spiro atoms. The van der Waals surface area contributed by atoms with Crippen molar-refractivity contribution in [3.63, 3.8) is 0 Å². The third-order valence-electron chi connectivity index (χ3n) is 12.5. The van der Waals surface area contributed by atoms with E-state index in [0.717, 1.165) is 58.5 Å². The predicted molar refractivity (Wildman–Crippen MR) is 284 cm³/mol. The SMILES string of the molecule is CC1CCCN1C(=O)C(NC(=O)COCCOCCOc1ccc(C(=O)c2c(-c3ccc(O)cc3)sc3cc(O)ccc23)cc1)C(C)(C)C.CC=O.CCc1ccc(C(CC(CC)CC)=C(C)C)cc1. The van der Waals surface area contributed by atoms with Crippen LogP contribution in [0.1, 0.15) is 128 Å². The van der Waals surface area contributed by atoms with Crippen molar-refractivity contribution in [2.24, 2.45) is 11.3 Å². The van der Waals surface area contributed by atoms with Gasteiger partial charge in [0.2, 0.25) is 11.8 Å². The van der Waals surface area contributed by atoms with Crippen LogP contribution in [-0.2, 0) is 30.3 Å². The lowest BCUT2D eigenvalue weighted by Crippen LogP contribution is -2.56. The van der Waals surface area contributed by atoms with Crippen LogP contribution in [0.4, 0.5) is 0 Å². The number of benzene rings is 4. The van der Waals surface area contributed by atoms with E-state index in [-0.39, 0.29) is 61.6 Å². The van der Waals surface area contributed by atoms with Gasteiger partial charge in [-0.05, 0) is 154 Å². The van der Waals surface area contributed by atoms with E-state index in [1.165, 1.54) is 54.2 Å². The van der Waals surface area contributed by atoms with Crippen molar-refractivity contribution in [2.75, 3.05) is 39.6 Å². The Morgan fingerprint density at radius 3 is 2.00 bits per heavy atom. The lowest BCUT2D eigenvalue weighted by molar-refractivity contribution is -0.141. The van der Waals surface area contributed by atoms with Crippen molar-refractivity contribution in [3.8, 4) is 27.7 Å². The molecule has 1 aromatic heterocycles. The molecule has 12 heteroatoms. The second-order valence-electron chi connectivity index (χ2n) is 18.9. The van der Waals surface area contributed by atoms with Crippen LogP contribution in [0, 0.1) is 11.3 Å². The van der Waals surface area contributed by atoms with Crippen molar-refractivity contribution < 1.29 is 43.6 Å². The lowest BCUT2D eigenvalue weighted by atomic mass is 9.85. The molecule has 0 aliphatic carbocycles. The molecule has 2 amide bonds. The Morgan fingerprint density at radius 2 is 1.43 bits per heavy atom.